The molecule has 5 aliphatic rings. The molecule has 4 fully saturated rings. The van der Waals surface area contributed by atoms with Crippen LogP contribution in [0.2, 0.25) is 5.02 Å². The SMILES string of the molecule is O=C(COc1ccc(Cl)c(F)c1)NC12CC(NC(=O)COC3CCCCN3C3CC/C=C\CCCCC3)(C1)C2. The van der Waals surface area contributed by atoms with Crippen molar-refractivity contribution in [3.63, 3.8) is 0 Å². The molecule has 0 radical (unpaired) electrons. The van der Waals surface area contributed by atoms with Crippen molar-refractivity contribution < 1.29 is 23.5 Å². The Bertz CT molecular complexity index is 1050. The molecule has 3 saturated carbocycles. The molecule has 2 bridgehead atoms. The largest absolute Gasteiger partial charge is 0.484 e. The molecule has 214 valence electrons. The van der Waals surface area contributed by atoms with Gasteiger partial charge in [0.2, 0.25) is 5.91 Å². The molecule has 1 aromatic carbocycles. The number of ether oxygens (including phenoxy) is 2. The lowest BCUT2D eigenvalue weighted by atomic mass is 9.44. The maximum atomic E-state index is 13.5. The minimum atomic E-state index is -0.588. The Morgan fingerprint density at radius 1 is 0.923 bits per heavy atom. The highest BCUT2D eigenvalue weighted by atomic mass is 35.5. The summed E-state index contributed by atoms with van der Waals surface area (Å²) < 4.78 is 25.2. The summed E-state index contributed by atoms with van der Waals surface area (Å²) in [5.41, 5.74) is -0.535. The van der Waals surface area contributed by atoms with Gasteiger partial charge in [-0.15, -0.1) is 0 Å². The van der Waals surface area contributed by atoms with Gasteiger partial charge in [-0.3, -0.25) is 14.5 Å². The van der Waals surface area contributed by atoms with Crippen LogP contribution in [0.3, 0.4) is 0 Å². The first kappa shape index (κ1) is 28.4. The Labute approximate surface area is 235 Å². The van der Waals surface area contributed by atoms with Gasteiger partial charge < -0.3 is 20.1 Å². The maximum absolute atomic E-state index is 13.5. The molecule has 9 heteroatoms. The zero-order chi connectivity index (χ0) is 27.3. The van der Waals surface area contributed by atoms with Crippen LogP contribution in [0.1, 0.15) is 83.5 Å². The Hall–Kier alpha value is -2.16. The number of nitrogens with zero attached hydrogens (tertiary/aromatic N) is 1. The van der Waals surface area contributed by atoms with Crippen LogP contribution in [-0.4, -0.2) is 59.8 Å². The minimum Gasteiger partial charge on any atom is -0.484 e. The Kier molecular flexibility index (Phi) is 9.14. The molecule has 2 unspecified atom stereocenters. The van der Waals surface area contributed by atoms with E-state index in [1.807, 2.05) is 0 Å². The number of hydrogen-bond acceptors (Lipinski definition) is 5. The number of carbonyl (C=O) groups excluding carboxylic acids is 2. The van der Waals surface area contributed by atoms with Gasteiger partial charge in [0.1, 0.15) is 24.4 Å². The van der Waals surface area contributed by atoms with E-state index in [1.54, 1.807) is 0 Å². The molecule has 4 aliphatic carbocycles. The fourth-order valence-corrected chi connectivity index (χ4v) is 7.06. The van der Waals surface area contributed by atoms with E-state index >= 15 is 0 Å². The second-order valence-electron chi connectivity index (χ2n) is 11.9. The predicted octanol–water partition coefficient (Wildman–Crippen LogP) is 5.26. The molecule has 1 aromatic rings. The number of allylic oxidation sites excluding steroid dienone is 2. The molecule has 1 aliphatic heterocycles. The van der Waals surface area contributed by atoms with Crippen molar-refractivity contribution >= 4 is 23.4 Å². The normalized spacial score (nSPS) is 31.7. The van der Waals surface area contributed by atoms with E-state index in [-0.39, 0.29) is 53.1 Å². The summed E-state index contributed by atoms with van der Waals surface area (Å²) in [7, 11) is 0. The average molecular weight is 562 g/mol. The number of rotatable bonds is 9. The molecule has 7 nitrogen and oxygen atoms in total. The van der Waals surface area contributed by atoms with Crippen LogP contribution in [0.4, 0.5) is 4.39 Å². The summed E-state index contributed by atoms with van der Waals surface area (Å²) in [5, 5.41) is 6.19. The van der Waals surface area contributed by atoms with Crippen LogP contribution in [0.5, 0.6) is 5.75 Å². The van der Waals surface area contributed by atoms with Crippen molar-refractivity contribution in [3.05, 3.63) is 41.2 Å². The highest BCUT2D eigenvalue weighted by Gasteiger charge is 2.69. The number of likely N-dealkylation sites (tertiary alicyclic amines) is 1. The highest BCUT2D eigenvalue weighted by molar-refractivity contribution is 6.30. The molecular weight excluding hydrogens is 521 g/mol. The summed E-state index contributed by atoms with van der Waals surface area (Å²) >= 11 is 5.68. The molecule has 39 heavy (non-hydrogen) atoms. The van der Waals surface area contributed by atoms with Gasteiger partial charge in [-0.2, -0.15) is 0 Å². The van der Waals surface area contributed by atoms with Crippen molar-refractivity contribution in [1.29, 1.82) is 0 Å². The highest BCUT2D eigenvalue weighted by Crippen LogP contribution is 2.60. The van der Waals surface area contributed by atoms with Gasteiger partial charge in [0, 0.05) is 29.7 Å². The van der Waals surface area contributed by atoms with Crippen molar-refractivity contribution in [2.45, 2.75) is 107 Å². The topological polar surface area (TPSA) is 79.9 Å². The van der Waals surface area contributed by atoms with Gasteiger partial charge in [0.25, 0.3) is 5.91 Å². The first-order chi connectivity index (χ1) is 18.9. The second-order valence-corrected chi connectivity index (χ2v) is 12.3. The van der Waals surface area contributed by atoms with E-state index in [1.165, 1.54) is 50.7 Å². The Morgan fingerprint density at radius 2 is 1.64 bits per heavy atom. The molecule has 6 rings (SSSR count). The van der Waals surface area contributed by atoms with Crippen molar-refractivity contribution in [2.75, 3.05) is 19.8 Å². The average Bonchev–Trinajstić information content (AvgIpc) is 2.89. The fourth-order valence-electron chi connectivity index (χ4n) is 6.94. The van der Waals surface area contributed by atoms with Crippen LogP contribution < -0.4 is 15.4 Å². The van der Waals surface area contributed by atoms with Crippen LogP contribution in [0.15, 0.2) is 30.4 Å². The zero-order valence-electron chi connectivity index (χ0n) is 22.7. The minimum absolute atomic E-state index is 0.00727. The number of hydrogen-bond donors (Lipinski definition) is 2. The molecule has 2 atom stereocenters. The van der Waals surface area contributed by atoms with Gasteiger partial charge >= 0.3 is 0 Å². The van der Waals surface area contributed by atoms with Crippen LogP contribution in [0, 0.1) is 5.82 Å². The summed E-state index contributed by atoms with van der Waals surface area (Å²) in [6.07, 6.45) is 18.6. The molecule has 2 amide bonds. The molecule has 1 heterocycles. The third-order valence-electron chi connectivity index (χ3n) is 8.70. The van der Waals surface area contributed by atoms with E-state index in [9.17, 15) is 14.0 Å². The fraction of sp³-hybridized carbons (Fsp3) is 0.667. The Balaban J connectivity index is 1.03. The first-order valence-electron chi connectivity index (χ1n) is 14.6. The van der Waals surface area contributed by atoms with Gasteiger partial charge in [-0.1, -0.05) is 36.6 Å². The lowest BCUT2D eigenvalue weighted by Crippen LogP contribution is -2.84. The van der Waals surface area contributed by atoms with Gasteiger partial charge in [-0.25, -0.2) is 4.39 Å². The molecule has 2 N–H and O–H groups in total. The third-order valence-corrected chi connectivity index (χ3v) is 9.01. The number of piperidine rings is 1. The predicted molar refractivity (Wildman–Crippen MR) is 148 cm³/mol. The number of halogens is 2. The van der Waals surface area contributed by atoms with Crippen LogP contribution in [-0.2, 0) is 14.3 Å². The lowest BCUT2D eigenvalue weighted by Gasteiger charge is -2.70. The first-order valence-corrected chi connectivity index (χ1v) is 15.0. The van der Waals surface area contributed by atoms with E-state index in [0.717, 1.165) is 38.3 Å². The van der Waals surface area contributed by atoms with E-state index in [4.69, 9.17) is 21.1 Å². The van der Waals surface area contributed by atoms with Crippen LogP contribution in [0.25, 0.3) is 0 Å². The van der Waals surface area contributed by atoms with Gasteiger partial charge in [-0.05, 0) is 82.8 Å². The summed E-state index contributed by atoms with van der Waals surface area (Å²) in [6.45, 7) is 0.912. The number of nitrogens with one attached hydrogen (secondary N) is 2. The van der Waals surface area contributed by atoms with Crippen molar-refractivity contribution in [1.82, 2.24) is 15.5 Å². The summed E-state index contributed by atoms with van der Waals surface area (Å²) in [4.78, 5) is 27.7. The lowest BCUT2D eigenvalue weighted by molar-refractivity contribution is -0.158. The zero-order valence-corrected chi connectivity index (χ0v) is 23.4. The smallest absolute Gasteiger partial charge is 0.258 e. The third kappa shape index (κ3) is 7.14. The Morgan fingerprint density at radius 3 is 2.41 bits per heavy atom. The maximum Gasteiger partial charge on any atom is 0.258 e. The van der Waals surface area contributed by atoms with Crippen LogP contribution >= 0.6 is 11.6 Å². The monoisotopic (exact) mass is 561 g/mol. The summed E-state index contributed by atoms with van der Waals surface area (Å²) in [6, 6.07) is 4.60. The van der Waals surface area contributed by atoms with E-state index in [0.29, 0.717) is 25.3 Å². The molecule has 1 saturated heterocycles. The molecule has 0 aromatic heterocycles. The van der Waals surface area contributed by atoms with Gasteiger partial charge in [0.15, 0.2) is 6.61 Å². The quantitative estimate of drug-likeness (QED) is 0.402. The van der Waals surface area contributed by atoms with Crippen molar-refractivity contribution in [3.8, 4) is 5.75 Å². The standard InChI is InChI=1S/C30H41ClFN3O4/c31-24-14-13-23(16-25(24)32)38-17-26(36)33-29-19-30(20-29,21-29)34-27(37)18-39-28-12-8-9-15-35(28)22-10-6-4-2-1-3-5-7-11-22/h2,4,13-14,16,22,28H,1,3,5-12,15,17-21H2,(H,33,36)(H,34,37)/b4-2-. The summed E-state index contributed by atoms with van der Waals surface area (Å²) in [5.74, 6) is -0.680. The van der Waals surface area contributed by atoms with Gasteiger partial charge in [0.05, 0.1) is 5.02 Å². The molecular formula is C30H41ClFN3O4. The number of amides is 2. The number of carbonyl (C=O) groups is 2. The molecule has 0 spiro atoms. The van der Waals surface area contributed by atoms with E-state index in [2.05, 4.69) is 27.7 Å². The van der Waals surface area contributed by atoms with E-state index < -0.39 is 5.82 Å². The van der Waals surface area contributed by atoms with Crippen molar-refractivity contribution in [2.24, 2.45) is 0 Å². The number of benzene rings is 1. The second kappa shape index (κ2) is 12.6.